The Morgan fingerprint density at radius 2 is 1.60 bits per heavy atom. The second-order valence-electron chi connectivity index (χ2n) is 8.22. The van der Waals surface area contributed by atoms with E-state index in [2.05, 4.69) is 10.8 Å². The molecule has 6 nitrogen and oxygen atoms in total. The number of benzene rings is 2. The first kappa shape index (κ1) is 21.0. The van der Waals surface area contributed by atoms with E-state index >= 15 is 0 Å². The fourth-order valence-electron chi connectivity index (χ4n) is 4.38. The Kier molecular flexibility index (Phi) is 6.51. The summed E-state index contributed by atoms with van der Waals surface area (Å²) in [5, 5.41) is 0. The molecular weight excluding hydrogens is 398 g/mol. The molecule has 2 aromatic carbocycles. The predicted molar refractivity (Wildman–Crippen MR) is 117 cm³/mol. The number of quaternary nitrogens is 1. The van der Waals surface area contributed by atoms with Crippen LogP contribution in [-0.4, -0.2) is 34.0 Å². The lowest BCUT2D eigenvalue weighted by Crippen LogP contribution is -3.11. The minimum Gasteiger partial charge on any atom is -0.331 e. The predicted octanol–water partition coefficient (Wildman–Crippen LogP) is 1.86. The second-order valence-corrected chi connectivity index (χ2v) is 9.99. The zero-order valence-corrected chi connectivity index (χ0v) is 18.1. The molecule has 2 fully saturated rings. The summed E-state index contributed by atoms with van der Waals surface area (Å²) in [5.41, 5.74) is 2.99. The zero-order chi connectivity index (χ0) is 21.0. The Morgan fingerprint density at radius 3 is 2.27 bits per heavy atom. The van der Waals surface area contributed by atoms with Crippen LogP contribution in [0.4, 0.5) is 5.69 Å². The van der Waals surface area contributed by atoms with Crippen LogP contribution in [0.2, 0.25) is 0 Å². The Morgan fingerprint density at radius 1 is 0.900 bits per heavy atom. The van der Waals surface area contributed by atoms with Gasteiger partial charge in [0.15, 0.2) is 0 Å². The number of nitrogens with one attached hydrogen (secondary N) is 2. The summed E-state index contributed by atoms with van der Waals surface area (Å²) in [7, 11) is -3.62. The normalized spacial score (nSPS) is 18.1. The van der Waals surface area contributed by atoms with E-state index in [4.69, 9.17) is 0 Å². The van der Waals surface area contributed by atoms with E-state index in [1.165, 1.54) is 37.9 Å². The third-order valence-corrected chi connectivity index (χ3v) is 7.52. The summed E-state index contributed by atoms with van der Waals surface area (Å²) in [5.74, 6) is 0.0937. The highest BCUT2D eigenvalue weighted by Crippen LogP contribution is 2.23. The maximum Gasteiger partial charge on any atom is 0.240 e. The first-order chi connectivity index (χ1) is 14.5. The quantitative estimate of drug-likeness (QED) is 0.707. The van der Waals surface area contributed by atoms with Gasteiger partial charge in [0.1, 0.15) is 6.54 Å². The van der Waals surface area contributed by atoms with Crippen LogP contribution in [-0.2, 0) is 27.9 Å². The molecule has 0 bridgehead atoms. The van der Waals surface area contributed by atoms with Gasteiger partial charge < -0.3 is 9.80 Å². The van der Waals surface area contributed by atoms with E-state index in [1.807, 2.05) is 18.2 Å². The lowest BCUT2D eigenvalue weighted by molar-refractivity contribution is -0.918. The molecule has 2 saturated heterocycles. The van der Waals surface area contributed by atoms with Crippen molar-refractivity contribution in [2.45, 2.75) is 50.1 Å². The monoisotopic (exact) mass is 428 g/mol. The van der Waals surface area contributed by atoms with Crippen LogP contribution >= 0.6 is 0 Å². The molecule has 7 heteroatoms. The summed E-state index contributed by atoms with van der Waals surface area (Å²) >= 11 is 0. The van der Waals surface area contributed by atoms with Gasteiger partial charge in [0.25, 0.3) is 0 Å². The maximum atomic E-state index is 12.8. The average molecular weight is 429 g/mol. The van der Waals surface area contributed by atoms with Crippen molar-refractivity contribution in [2.24, 2.45) is 0 Å². The van der Waals surface area contributed by atoms with Crippen LogP contribution in [0.3, 0.4) is 0 Å². The van der Waals surface area contributed by atoms with Crippen molar-refractivity contribution in [2.75, 3.05) is 24.5 Å². The van der Waals surface area contributed by atoms with Gasteiger partial charge in [0.2, 0.25) is 15.9 Å². The number of hydrogen-bond donors (Lipinski definition) is 2. The van der Waals surface area contributed by atoms with Gasteiger partial charge in [-0.3, -0.25) is 4.79 Å². The highest BCUT2D eigenvalue weighted by Gasteiger charge is 2.23. The van der Waals surface area contributed by atoms with Gasteiger partial charge in [-0.1, -0.05) is 24.3 Å². The molecule has 4 rings (SSSR count). The van der Waals surface area contributed by atoms with Gasteiger partial charge in [-0.05, 0) is 55.5 Å². The molecule has 0 spiro atoms. The molecule has 2 heterocycles. The summed E-state index contributed by atoms with van der Waals surface area (Å²) < 4.78 is 28.4. The van der Waals surface area contributed by atoms with Crippen LogP contribution < -0.4 is 14.5 Å². The van der Waals surface area contributed by atoms with Crippen LogP contribution in [0, 0.1) is 0 Å². The summed E-state index contributed by atoms with van der Waals surface area (Å²) in [6, 6.07) is 14.7. The van der Waals surface area contributed by atoms with E-state index in [9.17, 15) is 13.2 Å². The van der Waals surface area contributed by atoms with Crippen molar-refractivity contribution in [3.8, 4) is 0 Å². The number of likely N-dealkylation sites (tertiary alicyclic amines) is 1. The van der Waals surface area contributed by atoms with Gasteiger partial charge in [-0.2, -0.15) is 0 Å². The van der Waals surface area contributed by atoms with Crippen molar-refractivity contribution in [3.63, 3.8) is 0 Å². The van der Waals surface area contributed by atoms with Crippen molar-refractivity contribution < 1.29 is 18.1 Å². The Labute approximate surface area is 178 Å². The van der Waals surface area contributed by atoms with Crippen LogP contribution in [0.1, 0.15) is 43.2 Å². The summed E-state index contributed by atoms with van der Waals surface area (Å²) in [4.78, 5) is 15.4. The molecule has 2 N–H and O–H groups in total. The number of carbonyl (C=O) groups excluding carboxylic acids is 1. The molecule has 2 aliphatic rings. The van der Waals surface area contributed by atoms with E-state index in [1.54, 1.807) is 34.1 Å². The number of sulfonamides is 1. The van der Waals surface area contributed by atoms with Gasteiger partial charge >= 0.3 is 0 Å². The third kappa shape index (κ3) is 4.91. The van der Waals surface area contributed by atoms with Crippen molar-refractivity contribution in [1.82, 2.24) is 4.72 Å². The number of carbonyl (C=O) groups is 1. The highest BCUT2D eigenvalue weighted by molar-refractivity contribution is 7.89. The maximum absolute atomic E-state index is 12.8. The second kappa shape index (κ2) is 9.29. The molecule has 0 aliphatic carbocycles. The Hall–Kier alpha value is -2.22. The number of rotatable bonds is 7. The SMILES string of the molecule is O=C1CCCN1c1ccc(S(=O)(=O)NCc2ccccc2C[NH+]2CCCCC2)cc1. The largest absolute Gasteiger partial charge is 0.331 e. The van der Waals surface area contributed by atoms with E-state index in [0.717, 1.165) is 24.2 Å². The molecule has 0 saturated carbocycles. The standard InChI is InChI=1S/C23H29N3O3S/c27-23-9-6-16-26(23)21-10-12-22(13-11-21)30(28,29)24-17-19-7-2-3-8-20(19)18-25-14-4-1-5-15-25/h2-3,7-8,10-13,24H,1,4-6,9,14-18H2/p+1. The summed E-state index contributed by atoms with van der Waals surface area (Å²) in [6.45, 7) is 4.28. The van der Waals surface area contributed by atoms with E-state index < -0.39 is 10.0 Å². The topological polar surface area (TPSA) is 70.9 Å². The summed E-state index contributed by atoms with van der Waals surface area (Å²) in [6.07, 6.45) is 5.25. The number of hydrogen-bond acceptors (Lipinski definition) is 3. The lowest BCUT2D eigenvalue weighted by Gasteiger charge is -2.24. The molecule has 0 unspecified atom stereocenters. The third-order valence-electron chi connectivity index (χ3n) is 6.10. The minimum absolute atomic E-state index is 0.0937. The molecule has 1 amide bonds. The van der Waals surface area contributed by atoms with Crippen LogP contribution in [0.5, 0.6) is 0 Å². The van der Waals surface area contributed by atoms with Gasteiger partial charge in [-0.25, -0.2) is 13.1 Å². The first-order valence-electron chi connectivity index (χ1n) is 10.8. The highest BCUT2D eigenvalue weighted by atomic mass is 32.2. The van der Waals surface area contributed by atoms with Crippen molar-refractivity contribution >= 4 is 21.6 Å². The molecule has 0 aromatic heterocycles. The smallest absolute Gasteiger partial charge is 0.240 e. The molecule has 30 heavy (non-hydrogen) atoms. The zero-order valence-electron chi connectivity index (χ0n) is 17.3. The van der Waals surface area contributed by atoms with Crippen LogP contribution in [0.25, 0.3) is 0 Å². The Balaban J connectivity index is 1.42. The number of piperidine rings is 1. The van der Waals surface area contributed by atoms with Gasteiger partial charge in [0, 0.05) is 30.8 Å². The fraction of sp³-hybridized carbons (Fsp3) is 0.435. The minimum atomic E-state index is -3.62. The lowest BCUT2D eigenvalue weighted by atomic mass is 10.1. The van der Waals surface area contributed by atoms with E-state index in [0.29, 0.717) is 13.0 Å². The number of nitrogens with zero attached hydrogens (tertiary/aromatic N) is 1. The molecule has 2 aromatic rings. The molecule has 160 valence electrons. The molecule has 0 atom stereocenters. The van der Waals surface area contributed by atoms with Gasteiger partial charge in [-0.15, -0.1) is 0 Å². The number of anilines is 1. The molecular formula is C23H30N3O3S+. The molecule has 2 aliphatic heterocycles. The van der Waals surface area contributed by atoms with Crippen LogP contribution in [0.15, 0.2) is 53.4 Å². The van der Waals surface area contributed by atoms with Crippen molar-refractivity contribution in [1.29, 1.82) is 0 Å². The average Bonchev–Trinajstić information content (AvgIpc) is 3.20. The number of amides is 1. The van der Waals surface area contributed by atoms with E-state index in [-0.39, 0.29) is 17.3 Å². The van der Waals surface area contributed by atoms with Gasteiger partial charge in [0.05, 0.1) is 18.0 Å². The molecule has 0 radical (unpaired) electrons. The van der Waals surface area contributed by atoms with Crippen molar-refractivity contribution in [3.05, 3.63) is 59.7 Å². The Bertz CT molecular complexity index is 983. The fourth-order valence-corrected chi connectivity index (χ4v) is 5.39. The first-order valence-corrected chi connectivity index (χ1v) is 12.3.